The SMILES string of the molecule is C[C@H](N)C(=O)N[C@H](C=CC(=O)NC1CCCCC1)CCc1ccccc1.O=C(O)C(F)(F)F. The van der Waals surface area contributed by atoms with Crippen molar-refractivity contribution in [2.45, 2.75) is 76.2 Å². The second-order valence-electron chi connectivity index (χ2n) is 7.93. The molecule has 33 heavy (non-hydrogen) atoms. The normalized spacial score (nSPS) is 16.3. The van der Waals surface area contributed by atoms with Crippen LogP contribution in [-0.2, 0) is 20.8 Å². The van der Waals surface area contributed by atoms with E-state index >= 15 is 0 Å². The first kappa shape index (κ1) is 28.2. The molecule has 0 saturated heterocycles. The Morgan fingerprint density at radius 2 is 1.73 bits per heavy atom. The van der Waals surface area contributed by atoms with Crippen LogP contribution in [0.15, 0.2) is 42.5 Å². The first-order chi connectivity index (χ1) is 15.5. The highest BCUT2D eigenvalue weighted by Gasteiger charge is 2.38. The monoisotopic (exact) mass is 471 g/mol. The van der Waals surface area contributed by atoms with Gasteiger partial charge in [0, 0.05) is 18.2 Å². The summed E-state index contributed by atoms with van der Waals surface area (Å²) in [5, 5.41) is 13.1. The van der Waals surface area contributed by atoms with Gasteiger partial charge < -0.3 is 21.5 Å². The van der Waals surface area contributed by atoms with Gasteiger partial charge in [-0.2, -0.15) is 13.2 Å². The van der Waals surface area contributed by atoms with Crippen LogP contribution in [0.5, 0.6) is 0 Å². The molecule has 1 saturated carbocycles. The molecule has 0 bridgehead atoms. The van der Waals surface area contributed by atoms with Crippen molar-refractivity contribution in [2.24, 2.45) is 5.73 Å². The smallest absolute Gasteiger partial charge is 0.475 e. The second kappa shape index (κ2) is 14.3. The summed E-state index contributed by atoms with van der Waals surface area (Å²) >= 11 is 0. The summed E-state index contributed by atoms with van der Waals surface area (Å²) < 4.78 is 31.7. The van der Waals surface area contributed by atoms with Crippen LogP contribution >= 0.6 is 0 Å². The fourth-order valence-electron chi connectivity index (χ4n) is 3.20. The highest BCUT2D eigenvalue weighted by Crippen LogP contribution is 2.17. The summed E-state index contributed by atoms with van der Waals surface area (Å²) in [6.07, 6.45) is 5.50. The standard InChI is InChI=1S/C21H31N3O2.C2HF3O2/c1-16(22)21(26)24-19(13-12-17-8-4-2-5-9-17)14-15-20(25)23-18-10-6-3-7-11-18;3-2(4,5)1(6)7/h2,4-5,8-9,14-16,18-19H,3,6-7,10-13,22H2,1H3,(H,23,25)(H,24,26);(H,6,7)/t16-,19-;/m0./s1. The van der Waals surface area contributed by atoms with E-state index in [0.29, 0.717) is 0 Å². The van der Waals surface area contributed by atoms with Gasteiger partial charge >= 0.3 is 12.1 Å². The lowest BCUT2D eigenvalue weighted by molar-refractivity contribution is -0.192. The van der Waals surface area contributed by atoms with Crippen molar-refractivity contribution in [1.29, 1.82) is 0 Å². The van der Waals surface area contributed by atoms with Gasteiger partial charge in [0.15, 0.2) is 0 Å². The van der Waals surface area contributed by atoms with E-state index in [0.717, 1.165) is 25.7 Å². The van der Waals surface area contributed by atoms with Gasteiger partial charge in [0.2, 0.25) is 11.8 Å². The van der Waals surface area contributed by atoms with Crippen LogP contribution in [0.2, 0.25) is 0 Å². The minimum Gasteiger partial charge on any atom is -0.475 e. The van der Waals surface area contributed by atoms with Gasteiger partial charge in [0.25, 0.3) is 0 Å². The van der Waals surface area contributed by atoms with Crippen molar-refractivity contribution in [1.82, 2.24) is 10.6 Å². The number of carboxylic acids is 1. The predicted octanol–water partition coefficient (Wildman–Crippen LogP) is 3.09. The van der Waals surface area contributed by atoms with Crippen LogP contribution in [0.1, 0.15) is 51.0 Å². The average Bonchev–Trinajstić information content (AvgIpc) is 2.76. The Morgan fingerprint density at radius 1 is 1.15 bits per heavy atom. The van der Waals surface area contributed by atoms with Gasteiger partial charge in [-0.1, -0.05) is 55.7 Å². The van der Waals surface area contributed by atoms with Gasteiger partial charge in [-0.15, -0.1) is 0 Å². The number of amides is 2. The molecule has 1 aromatic rings. The molecule has 184 valence electrons. The molecule has 2 atom stereocenters. The molecule has 1 aliphatic carbocycles. The van der Waals surface area contributed by atoms with E-state index in [1.807, 2.05) is 18.2 Å². The molecule has 1 aromatic carbocycles. The number of hydrogen-bond donors (Lipinski definition) is 4. The topological polar surface area (TPSA) is 122 Å². The van der Waals surface area contributed by atoms with Crippen molar-refractivity contribution in [3.05, 3.63) is 48.0 Å². The number of alkyl halides is 3. The van der Waals surface area contributed by atoms with E-state index in [1.54, 1.807) is 19.1 Å². The molecule has 2 rings (SSSR count). The van der Waals surface area contributed by atoms with E-state index in [4.69, 9.17) is 15.6 Å². The maximum Gasteiger partial charge on any atom is 0.490 e. The molecule has 1 aliphatic rings. The largest absolute Gasteiger partial charge is 0.490 e. The third-order valence-corrected chi connectivity index (χ3v) is 5.00. The molecule has 0 spiro atoms. The molecule has 2 amide bonds. The molecule has 0 unspecified atom stereocenters. The number of carbonyl (C=O) groups is 3. The Kier molecular flexibility index (Phi) is 12.2. The maximum absolute atomic E-state index is 12.2. The molecular formula is C23H32F3N3O4. The second-order valence-corrected chi connectivity index (χ2v) is 7.93. The van der Waals surface area contributed by atoms with E-state index in [9.17, 15) is 22.8 Å². The Balaban J connectivity index is 0.000000675. The van der Waals surface area contributed by atoms with Crippen LogP contribution in [0.3, 0.4) is 0 Å². The summed E-state index contributed by atoms with van der Waals surface area (Å²) in [6.45, 7) is 1.66. The minimum atomic E-state index is -5.08. The zero-order valence-corrected chi connectivity index (χ0v) is 18.6. The van der Waals surface area contributed by atoms with Crippen molar-refractivity contribution < 1.29 is 32.7 Å². The lowest BCUT2D eigenvalue weighted by Gasteiger charge is -2.22. The summed E-state index contributed by atoms with van der Waals surface area (Å²) in [7, 11) is 0. The van der Waals surface area contributed by atoms with Crippen molar-refractivity contribution >= 4 is 17.8 Å². The summed E-state index contributed by atoms with van der Waals surface area (Å²) in [4.78, 5) is 33.0. The number of carbonyl (C=O) groups excluding carboxylic acids is 2. The number of benzene rings is 1. The van der Waals surface area contributed by atoms with Crippen LogP contribution in [0, 0.1) is 0 Å². The van der Waals surface area contributed by atoms with Gasteiger partial charge in [0.1, 0.15) is 0 Å². The van der Waals surface area contributed by atoms with Gasteiger partial charge in [0.05, 0.1) is 6.04 Å². The first-order valence-corrected chi connectivity index (χ1v) is 10.9. The van der Waals surface area contributed by atoms with Gasteiger partial charge in [-0.05, 0) is 38.2 Å². The molecule has 10 heteroatoms. The number of hydrogen-bond acceptors (Lipinski definition) is 4. The quantitative estimate of drug-likeness (QED) is 0.434. The maximum atomic E-state index is 12.2. The number of carboxylic acid groups (broad SMARTS) is 1. The van der Waals surface area contributed by atoms with E-state index in [2.05, 4.69) is 22.8 Å². The highest BCUT2D eigenvalue weighted by atomic mass is 19.4. The molecule has 0 aliphatic heterocycles. The van der Waals surface area contributed by atoms with Crippen molar-refractivity contribution in [3.8, 4) is 0 Å². The predicted molar refractivity (Wildman–Crippen MR) is 118 cm³/mol. The lowest BCUT2D eigenvalue weighted by atomic mass is 9.95. The van der Waals surface area contributed by atoms with Crippen molar-refractivity contribution in [2.75, 3.05) is 0 Å². The van der Waals surface area contributed by atoms with Crippen molar-refractivity contribution in [3.63, 3.8) is 0 Å². The lowest BCUT2D eigenvalue weighted by Crippen LogP contribution is -2.43. The van der Waals surface area contributed by atoms with Gasteiger partial charge in [-0.25, -0.2) is 4.79 Å². The zero-order valence-electron chi connectivity index (χ0n) is 18.6. The van der Waals surface area contributed by atoms with Crippen LogP contribution in [-0.4, -0.2) is 47.2 Å². The fourth-order valence-corrected chi connectivity index (χ4v) is 3.20. The third-order valence-electron chi connectivity index (χ3n) is 5.00. The van der Waals surface area contributed by atoms with Crippen LogP contribution in [0.25, 0.3) is 0 Å². The third kappa shape index (κ3) is 12.7. The number of nitrogens with one attached hydrogen (secondary N) is 2. The van der Waals surface area contributed by atoms with Crippen LogP contribution in [0.4, 0.5) is 13.2 Å². The van der Waals surface area contributed by atoms with E-state index in [-0.39, 0.29) is 23.9 Å². The minimum absolute atomic E-state index is 0.0864. The highest BCUT2D eigenvalue weighted by molar-refractivity contribution is 5.88. The molecule has 0 radical (unpaired) electrons. The first-order valence-electron chi connectivity index (χ1n) is 10.9. The van der Waals surface area contributed by atoms with Gasteiger partial charge in [-0.3, -0.25) is 9.59 Å². The Labute approximate surface area is 191 Å². The Hall–Kier alpha value is -2.88. The Morgan fingerprint density at radius 3 is 2.24 bits per heavy atom. The average molecular weight is 472 g/mol. The number of rotatable bonds is 8. The number of aryl methyl sites for hydroxylation is 1. The zero-order chi connectivity index (χ0) is 24.9. The molecule has 7 nitrogen and oxygen atoms in total. The summed E-state index contributed by atoms with van der Waals surface area (Å²) in [6, 6.07) is 9.59. The van der Waals surface area contributed by atoms with E-state index < -0.39 is 18.2 Å². The molecule has 5 N–H and O–H groups in total. The Bertz CT molecular complexity index is 777. The summed E-state index contributed by atoms with van der Waals surface area (Å²) in [5.41, 5.74) is 6.86. The number of halogens is 3. The molecular weight excluding hydrogens is 439 g/mol. The summed E-state index contributed by atoms with van der Waals surface area (Å²) in [5.74, 6) is -3.05. The number of nitrogens with two attached hydrogens (primary N) is 1. The number of aliphatic carboxylic acids is 1. The van der Waals surface area contributed by atoms with Crippen LogP contribution < -0.4 is 16.4 Å². The molecule has 0 aromatic heterocycles. The fraction of sp³-hybridized carbons (Fsp3) is 0.522. The molecule has 1 fully saturated rings. The van der Waals surface area contributed by atoms with E-state index in [1.165, 1.54) is 24.8 Å². The molecule has 0 heterocycles.